The highest BCUT2D eigenvalue weighted by molar-refractivity contribution is 5.76. The summed E-state index contributed by atoms with van der Waals surface area (Å²) in [6.07, 6.45) is 27.8. The van der Waals surface area contributed by atoms with Gasteiger partial charge in [-0.3, -0.25) is 4.79 Å². The van der Waals surface area contributed by atoms with Crippen molar-refractivity contribution in [2.45, 2.75) is 122 Å². The van der Waals surface area contributed by atoms with Gasteiger partial charge in [0.15, 0.2) is 0 Å². The molecule has 3 N–H and O–H groups in total. The molecule has 1 amide bonds. The maximum absolute atomic E-state index is 12.1. The summed E-state index contributed by atoms with van der Waals surface area (Å²) in [5, 5.41) is 22.5. The van der Waals surface area contributed by atoms with Crippen LogP contribution in [0.2, 0.25) is 0 Å². The van der Waals surface area contributed by atoms with Crippen molar-refractivity contribution in [1.29, 1.82) is 0 Å². The standard InChI is InChI=1S/C27H49NO3/c1-3-5-7-9-11-13-14-15-16-18-20-22-26(30)25(24-29)28-27(31)23-21-19-17-12-10-8-6-4-2/h7,9,14-15,20,22,25-26,29-30H,3-6,8,10-13,16-19,21,23-24H2,1-2H3,(H,28,31)/b9-7+,15-14+,22-20+. The lowest BCUT2D eigenvalue weighted by atomic mass is 10.1. The first kappa shape index (κ1) is 29.6. The number of nitrogens with one attached hydrogen (secondary N) is 1. The average molecular weight is 436 g/mol. The number of amides is 1. The largest absolute Gasteiger partial charge is 0.394 e. The SMILES string of the molecule is CCC/C=C/CC/C=C/CC/C=C/C(O)C(CO)NC(=O)CCCCCCCCCC. The quantitative estimate of drug-likeness (QED) is 0.145. The fourth-order valence-electron chi connectivity index (χ4n) is 3.33. The van der Waals surface area contributed by atoms with Gasteiger partial charge in [0, 0.05) is 6.42 Å². The first-order chi connectivity index (χ1) is 15.2. The molecule has 4 heteroatoms. The maximum Gasteiger partial charge on any atom is 0.220 e. The van der Waals surface area contributed by atoms with E-state index in [2.05, 4.69) is 43.5 Å². The molecule has 2 atom stereocenters. The van der Waals surface area contributed by atoms with Gasteiger partial charge in [-0.1, -0.05) is 102 Å². The molecule has 0 aliphatic heterocycles. The molecule has 0 bridgehead atoms. The van der Waals surface area contributed by atoms with E-state index in [4.69, 9.17) is 0 Å². The van der Waals surface area contributed by atoms with Crippen molar-refractivity contribution in [3.05, 3.63) is 36.5 Å². The first-order valence-electron chi connectivity index (χ1n) is 12.7. The number of unbranched alkanes of at least 4 members (excludes halogenated alkanes) is 10. The van der Waals surface area contributed by atoms with Crippen LogP contribution in [0.1, 0.15) is 110 Å². The van der Waals surface area contributed by atoms with E-state index in [1.54, 1.807) is 6.08 Å². The fourth-order valence-corrected chi connectivity index (χ4v) is 3.33. The van der Waals surface area contributed by atoms with Crippen molar-refractivity contribution in [3.63, 3.8) is 0 Å². The summed E-state index contributed by atoms with van der Waals surface area (Å²) in [7, 11) is 0. The predicted molar refractivity (Wildman–Crippen MR) is 133 cm³/mol. The van der Waals surface area contributed by atoms with Gasteiger partial charge in [-0.25, -0.2) is 0 Å². The number of carbonyl (C=O) groups excluding carboxylic acids is 1. The zero-order valence-corrected chi connectivity index (χ0v) is 20.2. The van der Waals surface area contributed by atoms with E-state index in [1.165, 1.54) is 44.9 Å². The minimum atomic E-state index is -0.861. The average Bonchev–Trinajstić information content (AvgIpc) is 2.77. The normalized spacial score (nSPS) is 14.1. The molecular formula is C27H49NO3. The third-order valence-electron chi connectivity index (χ3n) is 5.33. The van der Waals surface area contributed by atoms with Gasteiger partial charge in [0.2, 0.25) is 5.91 Å². The van der Waals surface area contributed by atoms with Crippen LogP contribution in [-0.4, -0.2) is 34.9 Å². The summed E-state index contributed by atoms with van der Waals surface area (Å²) in [6.45, 7) is 4.14. The molecule has 31 heavy (non-hydrogen) atoms. The van der Waals surface area contributed by atoms with Crippen molar-refractivity contribution >= 4 is 5.91 Å². The zero-order chi connectivity index (χ0) is 23.0. The second-order valence-electron chi connectivity index (χ2n) is 8.39. The van der Waals surface area contributed by atoms with Crippen LogP contribution >= 0.6 is 0 Å². The molecule has 0 aliphatic carbocycles. The minimum absolute atomic E-state index is 0.0894. The number of allylic oxidation sites excluding steroid dienone is 5. The Balaban J connectivity index is 3.87. The fraction of sp³-hybridized carbons (Fsp3) is 0.741. The molecule has 0 saturated heterocycles. The first-order valence-corrected chi connectivity index (χ1v) is 12.7. The molecule has 0 aromatic heterocycles. The highest BCUT2D eigenvalue weighted by Crippen LogP contribution is 2.10. The Hall–Kier alpha value is -1.39. The topological polar surface area (TPSA) is 69.6 Å². The third-order valence-corrected chi connectivity index (χ3v) is 5.33. The Morgan fingerprint density at radius 1 is 0.742 bits per heavy atom. The molecule has 0 rings (SSSR count). The lowest BCUT2D eigenvalue weighted by Gasteiger charge is -2.19. The molecule has 180 valence electrons. The summed E-state index contributed by atoms with van der Waals surface area (Å²) in [5.41, 5.74) is 0. The zero-order valence-electron chi connectivity index (χ0n) is 20.2. The molecular weight excluding hydrogens is 386 g/mol. The smallest absolute Gasteiger partial charge is 0.220 e. The van der Waals surface area contributed by atoms with E-state index in [0.717, 1.165) is 44.9 Å². The van der Waals surface area contributed by atoms with Crippen LogP contribution in [0.15, 0.2) is 36.5 Å². The molecule has 0 heterocycles. The number of aliphatic hydroxyl groups excluding tert-OH is 2. The Morgan fingerprint density at radius 2 is 1.26 bits per heavy atom. The number of hydrogen-bond donors (Lipinski definition) is 3. The summed E-state index contributed by atoms with van der Waals surface area (Å²) < 4.78 is 0. The Labute approximate surface area is 191 Å². The lowest BCUT2D eigenvalue weighted by molar-refractivity contribution is -0.123. The van der Waals surface area contributed by atoms with Gasteiger partial charge in [0.25, 0.3) is 0 Å². The second kappa shape index (κ2) is 23.3. The summed E-state index contributed by atoms with van der Waals surface area (Å²) in [5.74, 6) is -0.0894. The molecule has 0 fully saturated rings. The molecule has 0 aromatic carbocycles. The van der Waals surface area contributed by atoms with E-state index in [1.807, 2.05) is 6.08 Å². The van der Waals surface area contributed by atoms with Crippen LogP contribution in [0, 0.1) is 0 Å². The van der Waals surface area contributed by atoms with E-state index >= 15 is 0 Å². The number of rotatable bonds is 21. The van der Waals surface area contributed by atoms with Crippen molar-refractivity contribution in [2.75, 3.05) is 6.61 Å². The lowest BCUT2D eigenvalue weighted by Crippen LogP contribution is -2.45. The van der Waals surface area contributed by atoms with Crippen molar-refractivity contribution in [2.24, 2.45) is 0 Å². The molecule has 0 spiro atoms. The highest BCUT2D eigenvalue weighted by Gasteiger charge is 2.17. The van der Waals surface area contributed by atoms with Gasteiger partial charge in [0.05, 0.1) is 18.8 Å². The van der Waals surface area contributed by atoms with Crippen molar-refractivity contribution < 1.29 is 15.0 Å². The Morgan fingerprint density at radius 3 is 1.81 bits per heavy atom. The third kappa shape index (κ3) is 20.3. The Bertz CT molecular complexity index is 485. The van der Waals surface area contributed by atoms with E-state index in [-0.39, 0.29) is 12.5 Å². The molecule has 0 radical (unpaired) electrons. The minimum Gasteiger partial charge on any atom is -0.394 e. The second-order valence-corrected chi connectivity index (χ2v) is 8.39. The molecule has 0 aromatic rings. The van der Waals surface area contributed by atoms with Gasteiger partial charge < -0.3 is 15.5 Å². The van der Waals surface area contributed by atoms with Gasteiger partial charge in [-0.2, -0.15) is 0 Å². The van der Waals surface area contributed by atoms with Crippen LogP contribution in [0.5, 0.6) is 0 Å². The maximum atomic E-state index is 12.1. The number of aliphatic hydroxyl groups is 2. The molecule has 4 nitrogen and oxygen atoms in total. The van der Waals surface area contributed by atoms with Crippen LogP contribution in [0.25, 0.3) is 0 Å². The van der Waals surface area contributed by atoms with Crippen LogP contribution in [0.3, 0.4) is 0 Å². The van der Waals surface area contributed by atoms with E-state index in [0.29, 0.717) is 6.42 Å². The predicted octanol–water partition coefficient (Wildman–Crippen LogP) is 6.38. The number of hydrogen-bond acceptors (Lipinski definition) is 3. The summed E-state index contributed by atoms with van der Waals surface area (Å²) in [4.78, 5) is 12.1. The van der Waals surface area contributed by atoms with Gasteiger partial charge >= 0.3 is 0 Å². The van der Waals surface area contributed by atoms with E-state index in [9.17, 15) is 15.0 Å². The van der Waals surface area contributed by atoms with Crippen molar-refractivity contribution in [1.82, 2.24) is 5.32 Å². The van der Waals surface area contributed by atoms with Gasteiger partial charge in [-0.05, 0) is 38.5 Å². The molecule has 2 unspecified atom stereocenters. The van der Waals surface area contributed by atoms with Crippen LogP contribution < -0.4 is 5.32 Å². The van der Waals surface area contributed by atoms with Crippen LogP contribution in [0.4, 0.5) is 0 Å². The molecule has 0 aliphatic rings. The Kier molecular flexibility index (Phi) is 22.2. The highest BCUT2D eigenvalue weighted by atomic mass is 16.3. The van der Waals surface area contributed by atoms with Crippen molar-refractivity contribution in [3.8, 4) is 0 Å². The summed E-state index contributed by atoms with van der Waals surface area (Å²) in [6, 6.07) is -0.636. The van der Waals surface area contributed by atoms with E-state index < -0.39 is 12.1 Å². The monoisotopic (exact) mass is 435 g/mol. The van der Waals surface area contributed by atoms with Gasteiger partial charge in [-0.15, -0.1) is 0 Å². The van der Waals surface area contributed by atoms with Gasteiger partial charge in [0.1, 0.15) is 0 Å². The number of carbonyl (C=O) groups is 1. The molecule has 0 saturated carbocycles. The van der Waals surface area contributed by atoms with Crippen LogP contribution in [-0.2, 0) is 4.79 Å². The summed E-state index contributed by atoms with van der Waals surface area (Å²) >= 11 is 0.